The van der Waals surface area contributed by atoms with E-state index in [1.165, 1.54) is 5.01 Å². The fourth-order valence-corrected chi connectivity index (χ4v) is 1.81. The SMILES string of the molecule is C=CN(C)Cc1csc(C(C)C)n1. The maximum atomic E-state index is 4.53. The van der Waals surface area contributed by atoms with Gasteiger partial charge in [-0.25, -0.2) is 4.98 Å². The van der Waals surface area contributed by atoms with E-state index >= 15 is 0 Å². The molecule has 1 heterocycles. The van der Waals surface area contributed by atoms with Gasteiger partial charge in [-0.15, -0.1) is 11.3 Å². The summed E-state index contributed by atoms with van der Waals surface area (Å²) < 4.78 is 0. The van der Waals surface area contributed by atoms with E-state index in [0.717, 1.165) is 12.2 Å². The molecule has 0 bridgehead atoms. The number of hydrogen-bond donors (Lipinski definition) is 0. The predicted octanol–water partition coefficient (Wildman–Crippen LogP) is 2.84. The van der Waals surface area contributed by atoms with E-state index in [4.69, 9.17) is 0 Å². The highest BCUT2D eigenvalue weighted by atomic mass is 32.1. The average molecular weight is 196 g/mol. The minimum Gasteiger partial charge on any atom is -0.375 e. The lowest BCUT2D eigenvalue weighted by atomic mass is 10.2. The van der Waals surface area contributed by atoms with Crippen LogP contribution < -0.4 is 0 Å². The fourth-order valence-electron chi connectivity index (χ4n) is 0.981. The van der Waals surface area contributed by atoms with Crippen LogP contribution in [0, 0.1) is 0 Å². The number of thiazole rings is 1. The molecule has 0 aliphatic rings. The topological polar surface area (TPSA) is 16.1 Å². The third kappa shape index (κ3) is 2.84. The Morgan fingerprint density at radius 3 is 2.85 bits per heavy atom. The van der Waals surface area contributed by atoms with Gasteiger partial charge in [0.15, 0.2) is 0 Å². The minimum absolute atomic E-state index is 0.535. The predicted molar refractivity (Wildman–Crippen MR) is 57.9 cm³/mol. The van der Waals surface area contributed by atoms with E-state index in [1.54, 1.807) is 11.3 Å². The number of nitrogens with zero attached hydrogens (tertiary/aromatic N) is 2. The molecule has 0 aliphatic heterocycles. The minimum atomic E-state index is 0.535. The van der Waals surface area contributed by atoms with Crippen LogP contribution in [0.4, 0.5) is 0 Å². The Hall–Kier alpha value is -0.830. The smallest absolute Gasteiger partial charge is 0.0954 e. The van der Waals surface area contributed by atoms with Crippen molar-refractivity contribution in [3.8, 4) is 0 Å². The van der Waals surface area contributed by atoms with Gasteiger partial charge in [0.05, 0.1) is 17.2 Å². The first-order valence-electron chi connectivity index (χ1n) is 4.40. The molecule has 1 aromatic heterocycles. The number of hydrogen-bond acceptors (Lipinski definition) is 3. The lowest BCUT2D eigenvalue weighted by Crippen LogP contribution is -2.09. The van der Waals surface area contributed by atoms with E-state index in [1.807, 2.05) is 18.1 Å². The van der Waals surface area contributed by atoms with Crippen LogP contribution in [0.15, 0.2) is 18.2 Å². The van der Waals surface area contributed by atoms with E-state index in [0.29, 0.717) is 5.92 Å². The summed E-state index contributed by atoms with van der Waals surface area (Å²) in [4.78, 5) is 6.55. The number of rotatable bonds is 4. The second-order valence-corrected chi connectivity index (χ2v) is 4.32. The van der Waals surface area contributed by atoms with Crippen LogP contribution in [0.2, 0.25) is 0 Å². The standard InChI is InChI=1S/C10H16N2S/c1-5-12(4)6-9-7-13-10(11-9)8(2)3/h5,7-8H,1,6H2,2-4H3. The zero-order valence-electron chi connectivity index (χ0n) is 8.45. The zero-order valence-corrected chi connectivity index (χ0v) is 9.27. The normalized spacial score (nSPS) is 10.5. The molecule has 0 spiro atoms. The molecule has 2 nitrogen and oxygen atoms in total. The lowest BCUT2D eigenvalue weighted by Gasteiger charge is -2.10. The molecule has 72 valence electrons. The summed E-state index contributed by atoms with van der Waals surface area (Å²) in [6.07, 6.45) is 1.81. The molecule has 3 heteroatoms. The Morgan fingerprint density at radius 2 is 2.38 bits per heavy atom. The van der Waals surface area contributed by atoms with Gasteiger partial charge in [0.2, 0.25) is 0 Å². The fraction of sp³-hybridized carbons (Fsp3) is 0.500. The molecule has 0 amide bonds. The van der Waals surface area contributed by atoms with E-state index in [2.05, 4.69) is 30.8 Å². The summed E-state index contributed by atoms with van der Waals surface area (Å²) in [5.74, 6) is 0.535. The molecule has 13 heavy (non-hydrogen) atoms. The molecule has 1 rings (SSSR count). The Bertz CT molecular complexity index is 278. The van der Waals surface area contributed by atoms with Crippen LogP contribution in [0.3, 0.4) is 0 Å². The highest BCUT2D eigenvalue weighted by Gasteiger charge is 2.05. The maximum absolute atomic E-state index is 4.53. The van der Waals surface area contributed by atoms with Gasteiger partial charge in [0.1, 0.15) is 0 Å². The molecular formula is C10H16N2S. The molecule has 0 unspecified atom stereocenters. The molecule has 0 radical (unpaired) electrons. The Kier molecular flexibility index (Phi) is 3.48. The molecule has 0 saturated heterocycles. The Labute approximate surface area is 83.9 Å². The quantitative estimate of drug-likeness (QED) is 0.736. The van der Waals surface area contributed by atoms with Crippen molar-refractivity contribution < 1.29 is 0 Å². The van der Waals surface area contributed by atoms with Gasteiger partial charge in [-0.2, -0.15) is 0 Å². The molecule has 0 fully saturated rings. The molecular weight excluding hydrogens is 180 g/mol. The second kappa shape index (κ2) is 4.42. The first-order valence-corrected chi connectivity index (χ1v) is 5.28. The average Bonchev–Trinajstić information content (AvgIpc) is 2.52. The molecule has 0 atom stereocenters. The van der Waals surface area contributed by atoms with Crippen molar-refractivity contribution in [3.05, 3.63) is 28.9 Å². The van der Waals surface area contributed by atoms with Crippen molar-refractivity contribution in [3.63, 3.8) is 0 Å². The first kappa shape index (κ1) is 10.3. The molecule has 1 aromatic rings. The van der Waals surface area contributed by atoms with Gasteiger partial charge in [-0.05, 0) is 6.20 Å². The summed E-state index contributed by atoms with van der Waals surface area (Å²) in [5.41, 5.74) is 1.14. The third-order valence-corrected chi connectivity index (χ3v) is 2.98. The largest absolute Gasteiger partial charge is 0.375 e. The van der Waals surface area contributed by atoms with Crippen LogP contribution in [0.5, 0.6) is 0 Å². The molecule has 0 aliphatic carbocycles. The van der Waals surface area contributed by atoms with Crippen molar-refractivity contribution >= 4 is 11.3 Å². The van der Waals surface area contributed by atoms with Crippen molar-refractivity contribution in [1.29, 1.82) is 0 Å². The van der Waals surface area contributed by atoms with Crippen LogP contribution in [-0.2, 0) is 6.54 Å². The third-order valence-electron chi connectivity index (χ3n) is 1.79. The van der Waals surface area contributed by atoms with E-state index in [-0.39, 0.29) is 0 Å². The van der Waals surface area contributed by atoms with Gasteiger partial charge >= 0.3 is 0 Å². The lowest BCUT2D eigenvalue weighted by molar-refractivity contribution is 0.446. The molecule has 0 N–H and O–H groups in total. The van der Waals surface area contributed by atoms with Crippen molar-refractivity contribution in [2.45, 2.75) is 26.3 Å². The van der Waals surface area contributed by atoms with Crippen LogP contribution >= 0.6 is 11.3 Å². The van der Waals surface area contributed by atoms with Crippen molar-refractivity contribution in [1.82, 2.24) is 9.88 Å². The second-order valence-electron chi connectivity index (χ2n) is 3.43. The maximum Gasteiger partial charge on any atom is 0.0954 e. The van der Waals surface area contributed by atoms with Gasteiger partial charge in [-0.1, -0.05) is 20.4 Å². The van der Waals surface area contributed by atoms with E-state index < -0.39 is 0 Å². The van der Waals surface area contributed by atoms with Crippen LogP contribution in [0.1, 0.15) is 30.5 Å². The van der Waals surface area contributed by atoms with Crippen molar-refractivity contribution in [2.75, 3.05) is 7.05 Å². The molecule has 0 saturated carbocycles. The van der Waals surface area contributed by atoms with E-state index in [9.17, 15) is 0 Å². The number of aromatic nitrogens is 1. The Balaban J connectivity index is 2.63. The summed E-state index contributed by atoms with van der Waals surface area (Å²) in [5, 5.41) is 3.34. The van der Waals surface area contributed by atoms with Gasteiger partial charge < -0.3 is 4.90 Å². The van der Waals surface area contributed by atoms with Crippen LogP contribution in [0.25, 0.3) is 0 Å². The Morgan fingerprint density at radius 1 is 1.69 bits per heavy atom. The highest BCUT2D eigenvalue weighted by Crippen LogP contribution is 2.19. The summed E-state index contributed by atoms with van der Waals surface area (Å²) >= 11 is 1.74. The van der Waals surface area contributed by atoms with Gasteiger partial charge in [-0.3, -0.25) is 0 Å². The van der Waals surface area contributed by atoms with Gasteiger partial charge in [0.25, 0.3) is 0 Å². The van der Waals surface area contributed by atoms with Gasteiger partial charge in [0, 0.05) is 18.3 Å². The molecule has 0 aromatic carbocycles. The van der Waals surface area contributed by atoms with Crippen molar-refractivity contribution in [2.24, 2.45) is 0 Å². The zero-order chi connectivity index (χ0) is 9.84. The highest BCUT2D eigenvalue weighted by molar-refractivity contribution is 7.09. The first-order chi connectivity index (χ1) is 6.13. The summed E-state index contributed by atoms with van der Waals surface area (Å²) in [6, 6.07) is 0. The monoisotopic (exact) mass is 196 g/mol. The summed E-state index contributed by atoms with van der Waals surface area (Å²) in [6.45, 7) is 8.89. The summed E-state index contributed by atoms with van der Waals surface area (Å²) in [7, 11) is 2.00. The van der Waals surface area contributed by atoms with Crippen LogP contribution in [-0.4, -0.2) is 16.9 Å².